The molecule has 3 rings (SSSR count). The molecule has 0 radical (unpaired) electrons. The molecule has 5 nitrogen and oxygen atoms in total. The van der Waals surface area contributed by atoms with Crippen LogP contribution in [0.2, 0.25) is 0 Å². The Bertz CT molecular complexity index is 626. The van der Waals surface area contributed by atoms with Gasteiger partial charge < -0.3 is 15.5 Å². The summed E-state index contributed by atoms with van der Waals surface area (Å²) >= 11 is 0. The van der Waals surface area contributed by atoms with Crippen LogP contribution in [0.4, 0.5) is 0 Å². The minimum absolute atomic E-state index is 0. The van der Waals surface area contributed by atoms with Crippen molar-refractivity contribution in [3.8, 4) is 0 Å². The van der Waals surface area contributed by atoms with Gasteiger partial charge in [-0.25, -0.2) is 4.98 Å². The number of carbonyl (C=O) groups excluding carboxylic acids is 1. The average Bonchev–Trinajstić information content (AvgIpc) is 3.17. The Balaban J connectivity index is 0.00000110. The van der Waals surface area contributed by atoms with Crippen LogP contribution in [-0.2, 0) is 0 Å². The Kier molecular flexibility index (Phi) is 5.61. The van der Waals surface area contributed by atoms with Gasteiger partial charge in [0.15, 0.2) is 0 Å². The van der Waals surface area contributed by atoms with E-state index in [-0.39, 0.29) is 36.3 Å². The van der Waals surface area contributed by atoms with Crippen molar-refractivity contribution < 1.29 is 4.79 Å². The molecule has 0 spiro atoms. The Morgan fingerprint density at radius 3 is 2.81 bits per heavy atom. The lowest BCUT2D eigenvalue weighted by Gasteiger charge is -2.29. The van der Waals surface area contributed by atoms with E-state index in [2.05, 4.69) is 10.3 Å². The first kappa shape index (κ1) is 17.8. The highest BCUT2D eigenvalue weighted by Crippen LogP contribution is 2.39. The summed E-state index contributed by atoms with van der Waals surface area (Å²) in [6.07, 6.45) is 7.63. The Hall–Kier alpha value is -1.30. The number of halogens is 2. The van der Waals surface area contributed by atoms with Crippen LogP contribution in [0.15, 0.2) is 30.7 Å². The zero-order valence-corrected chi connectivity index (χ0v) is 13.4. The van der Waals surface area contributed by atoms with Gasteiger partial charge >= 0.3 is 0 Å². The quantitative estimate of drug-likeness (QED) is 0.900. The van der Waals surface area contributed by atoms with E-state index in [1.807, 2.05) is 23.6 Å². The molecule has 2 aromatic heterocycles. The second kappa shape index (κ2) is 6.64. The van der Waals surface area contributed by atoms with E-state index in [4.69, 9.17) is 5.73 Å². The van der Waals surface area contributed by atoms with E-state index in [0.717, 1.165) is 18.5 Å². The van der Waals surface area contributed by atoms with Gasteiger partial charge in [0, 0.05) is 25.1 Å². The zero-order chi connectivity index (χ0) is 13.5. The smallest absolute Gasteiger partial charge is 0.253 e. The Morgan fingerprint density at radius 1 is 1.48 bits per heavy atom. The normalized spacial score (nSPS) is 16.5. The van der Waals surface area contributed by atoms with E-state index in [0.29, 0.717) is 18.0 Å². The SMILES string of the molecule is CC(CN)(NC(=O)c1ccc2nccn2c1)C1CC1.Cl.Cl. The van der Waals surface area contributed by atoms with E-state index in [1.165, 1.54) is 0 Å². The van der Waals surface area contributed by atoms with Crippen molar-refractivity contribution in [2.75, 3.05) is 6.54 Å². The average molecular weight is 331 g/mol. The summed E-state index contributed by atoms with van der Waals surface area (Å²) < 4.78 is 1.84. The summed E-state index contributed by atoms with van der Waals surface area (Å²) in [5.74, 6) is 0.439. The number of carbonyl (C=O) groups is 1. The third-order valence-corrected chi connectivity index (χ3v) is 3.95. The standard InChI is InChI=1S/C14H18N4O.2ClH/c1-14(9-15,11-3-4-11)17-13(19)10-2-5-12-16-6-7-18(12)8-10;;/h2,5-8,11H,3-4,9,15H2,1H3,(H,17,19);2*1H. The fourth-order valence-electron chi connectivity index (χ4n) is 2.43. The number of pyridine rings is 1. The molecule has 2 aromatic rings. The summed E-state index contributed by atoms with van der Waals surface area (Å²) in [5, 5.41) is 3.08. The lowest BCUT2D eigenvalue weighted by atomic mass is 9.95. The number of rotatable bonds is 4. The third-order valence-electron chi connectivity index (χ3n) is 3.95. The number of amides is 1. The number of nitrogens with two attached hydrogens (primary N) is 1. The maximum absolute atomic E-state index is 12.3. The number of nitrogens with one attached hydrogen (secondary N) is 1. The predicted octanol–water partition coefficient (Wildman–Crippen LogP) is 2.04. The number of hydrogen-bond acceptors (Lipinski definition) is 3. The monoisotopic (exact) mass is 330 g/mol. The largest absolute Gasteiger partial charge is 0.345 e. The van der Waals surface area contributed by atoms with E-state index in [9.17, 15) is 4.79 Å². The van der Waals surface area contributed by atoms with Crippen LogP contribution in [0.3, 0.4) is 0 Å². The van der Waals surface area contributed by atoms with Gasteiger partial charge in [0.25, 0.3) is 5.91 Å². The van der Waals surface area contributed by atoms with Crippen LogP contribution in [0.25, 0.3) is 5.65 Å². The maximum atomic E-state index is 12.3. The third kappa shape index (κ3) is 3.48. The maximum Gasteiger partial charge on any atom is 0.253 e. The zero-order valence-electron chi connectivity index (χ0n) is 11.8. The molecule has 21 heavy (non-hydrogen) atoms. The molecule has 1 fully saturated rings. The van der Waals surface area contributed by atoms with Gasteiger partial charge in [-0.3, -0.25) is 4.79 Å². The summed E-state index contributed by atoms with van der Waals surface area (Å²) in [4.78, 5) is 16.5. The highest BCUT2D eigenvalue weighted by molar-refractivity contribution is 5.94. The number of nitrogens with zero attached hydrogens (tertiary/aromatic N) is 2. The fraction of sp³-hybridized carbons (Fsp3) is 0.429. The van der Waals surface area contributed by atoms with Gasteiger partial charge in [0.1, 0.15) is 5.65 Å². The molecule has 2 heterocycles. The van der Waals surface area contributed by atoms with Crippen LogP contribution >= 0.6 is 24.8 Å². The highest BCUT2D eigenvalue weighted by atomic mass is 35.5. The summed E-state index contributed by atoms with van der Waals surface area (Å²) in [6.45, 7) is 2.50. The van der Waals surface area contributed by atoms with Gasteiger partial charge in [-0.15, -0.1) is 24.8 Å². The first-order valence-electron chi connectivity index (χ1n) is 6.58. The summed E-state index contributed by atoms with van der Waals surface area (Å²) in [6, 6.07) is 3.63. The minimum Gasteiger partial charge on any atom is -0.345 e. The topological polar surface area (TPSA) is 72.4 Å². The van der Waals surface area contributed by atoms with Crippen LogP contribution in [-0.4, -0.2) is 27.4 Å². The van der Waals surface area contributed by atoms with Crippen molar-refractivity contribution in [3.05, 3.63) is 36.3 Å². The molecule has 1 aliphatic carbocycles. The second-order valence-electron chi connectivity index (χ2n) is 5.46. The van der Waals surface area contributed by atoms with Crippen LogP contribution < -0.4 is 11.1 Å². The first-order chi connectivity index (χ1) is 9.12. The van der Waals surface area contributed by atoms with Crippen LogP contribution in [0, 0.1) is 5.92 Å². The van der Waals surface area contributed by atoms with Gasteiger partial charge in [0.2, 0.25) is 0 Å². The van der Waals surface area contributed by atoms with Crippen LogP contribution in [0.1, 0.15) is 30.1 Å². The van der Waals surface area contributed by atoms with Gasteiger partial charge in [-0.2, -0.15) is 0 Å². The molecule has 1 amide bonds. The fourth-order valence-corrected chi connectivity index (χ4v) is 2.43. The Morgan fingerprint density at radius 2 is 2.19 bits per heavy atom. The molecule has 0 bridgehead atoms. The van der Waals surface area contributed by atoms with Crippen molar-refractivity contribution in [1.29, 1.82) is 0 Å². The molecular formula is C14H20Cl2N4O. The molecular weight excluding hydrogens is 311 g/mol. The molecule has 1 atom stereocenters. The number of imidazole rings is 1. The van der Waals surface area contributed by atoms with E-state index >= 15 is 0 Å². The molecule has 0 saturated heterocycles. The molecule has 0 aliphatic heterocycles. The number of fused-ring (bicyclic) bond motifs is 1. The van der Waals surface area contributed by atoms with Crippen molar-refractivity contribution in [3.63, 3.8) is 0 Å². The molecule has 0 aromatic carbocycles. The van der Waals surface area contributed by atoms with E-state index < -0.39 is 0 Å². The van der Waals surface area contributed by atoms with Crippen molar-refractivity contribution in [1.82, 2.24) is 14.7 Å². The summed E-state index contributed by atoms with van der Waals surface area (Å²) in [7, 11) is 0. The molecule has 116 valence electrons. The number of hydrogen-bond donors (Lipinski definition) is 2. The van der Waals surface area contributed by atoms with Gasteiger partial charge in [-0.1, -0.05) is 0 Å². The molecule has 3 N–H and O–H groups in total. The van der Waals surface area contributed by atoms with Crippen molar-refractivity contribution in [2.24, 2.45) is 11.7 Å². The number of aromatic nitrogens is 2. The Labute approximate surface area is 136 Å². The summed E-state index contributed by atoms with van der Waals surface area (Å²) in [5.41, 5.74) is 6.99. The lowest BCUT2D eigenvalue weighted by Crippen LogP contribution is -2.53. The molecule has 1 aliphatic rings. The molecule has 1 saturated carbocycles. The first-order valence-corrected chi connectivity index (χ1v) is 6.58. The second-order valence-corrected chi connectivity index (χ2v) is 5.46. The molecule has 1 unspecified atom stereocenters. The van der Waals surface area contributed by atoms with Gasteiger partial charge in [-0.05, 0) is 37.8 Å². The van der Waals surface area contributed by atoms with Crippen molar-refractivity contribution in [2.45, 2.75) is 25.3 Å². The van der Waals surface area contributed by atoms with Gasteiger partial charge in [0.05, 0.1) is 11.1 Å². The lowest BCUT2D eigenvalue weighted by molar-refractivity contribution is 0.0897. The van der Waals surface area contributed by atoms with E-state index in [1.54, 1.807) is 18.5 Å². The van der Waals surface area contributed by atoms with Crippen molar-refractivity contribution >= 4 is 36.4 Å². The van der Waals surface area contributed by atoms with Crippen LogP contribution in [0.5, 0.6) is 0 Å². The minimum atomic E-state index is -0.291. The highest BCUT2D eigenvalue weighted by Gasteiger charge is 2.41. The predicted molar refractivity (Wildman–Crippen MR) is 87.3 cm³/mol. The molecule has 7 heteroatoms.